The molecule has 0 bridgehead atoms. The third kappa shape index (κ3) is 4.24. The molecule has 0 atom stereocenters. The van der Waals surface area contributed by atoms with Crippen LogP contribution in [0.1, 0.15) is 0 Å². The van der Waals surface area contributed by atoms with Crippen LogP contribution in [0.3, 0.4) is 0 Å². The van der Waals surface area contributed by atoms with Crippen molar-refractivity contribution in [2.45, 2.75) is 13.1 Å². The maximum Gasteiger partial charge on any atom is 0.160 e. The van der Waals surface area contributed by atoms with E-state index in [4.69, 9.17) is 9.97 Å². The van der Waals surface area contributed by atoms with Crippen molar-refractivity contribution in [2.24, 2.45) is 0 Å². The third-order valence-electron chi connectivity index (χ3n) is 8.84. The van der Waals surface area contributed by atoms with E-state index in [0.717, 1.165) is 28.3 Å². The van der Waals surface area contributed by atoms with Gasteiger partial charge in [-0.15, -0.1) is 0 Å². The summed E-state index contributed by atoms with van der Waals surface area (Å²) in [6.45, 7) is 4.91. The van der Waals surface area contributed by atoms with Gasteiger partial charge in [-0.25, -0.2) is 9.97 Å². The fourth-order valence-corrected chi connectivity index (χ4v) is 9.91. The molecule has 43 heavy (non-hydrogen) atoms. The first-order valence-electron chi connectivity index (χ1n) is 14.8. The Morgan fingerprint density at radius 2 is 0.977 bits per heavy atom. The Hall–Kier alpha value is -5.12. The minimum absolute atomic E-state index is 0.774. The first kappa shape index (κ1) is 25.6. The highest BCUT2D eigenvalue weighted by Crippen LogP contribution is 2.38. The zero-order valence-electron chi connectivity index (χ0n) is 24.3. The van der Waals surface area contributed by atoms with E-state index < -0.39 is 8.07 Å². The number of hydrogen-bond donors (Lipinski definition) is 0. The lowest BCUT2D eigenvalue weighted by Gasteiger charge is -2.22. The van der Waals surface area contributed by atoms with Crippen LogP contribution in [0.5, 0.6) is 0 Å². The van der Waals surface area contributed by atoms with Gasteiger partial charge >= 0.3 is 0 Å². The maximum absolute atomic E-state index is 5.37. The molecule has 0 fully saturated rings. The van der Waals surface area contributed by atoms with E-state index in [9.17, 15) is 0 Å². The van der Waals surface area contributed by atoms with Crippen LogP contribution in [-0.2, 0) is 0 Å². The summed E-state index contributed by atoms with van der Waals surface area (Å²) in [4.78, 5) is 10.7. The smallest absolute Gasteiger partial charge is 0.160 e. The van der Waals surface area contributed by atoms with Gasteiger partial charge in [-0.05, 0) is 55.5 Å². The molecular formula is C40H30N2Si. The van der Waals surface area contributed by atoms with Gasteiger partial charge in [0.15, 0.2) is 5.82 Å². The van der Waals surface area contributed by atoms with Crippen LogP contribution in [0, 0.1) is 0 Å². The Bertz CT molecular complexity index is 2150. The van der Waals surface area contributed by atoms with Gasteiger partial charge in [0.2, 0.25) is 0 Å². The minimum Gasteiger partial charge on any atom is -0.228 e. The molecule has 7 aromatic rings. The molecule has 2 nitrogen and oxygen atoms in total. The molecule has 0 saturated heterocycles. The lowest BCUT2D eigenvalue weighted by molar-refractivity contribution is 1.20. The Kier molecular flexibility index (Phi) is 5.95. The summed E-state index contributed by atoms with van der Waals surface area (Å²) in [7, 11) is -2.12. The minimum atomic E-state index is -2.12. The molecule has 3 heteroatoms. The summed E-state index contributed by atoms with van der Waals surface area (Å²) < 4.78 is 0. The topological polar surface area (TPSA) is 25.8 Å². The molecule has 0 aliphatic carbocycles. The number of benzene rings is 6. The van der Waals surface area contributed by atoms with E-state index in [0.29, 0.717) is 0 Å². The highest BCUT2D eigenvalue weighted by molar-refractivity contribution is 7.04. The van der Waals surface area contributed by atoms with Crippen molar-refractivity contribution >= 4 is 29.2 Å². The van der Waals surface area contributed by atoms with Gasteiger partial charge in [-0.2, -0.15) is 0 Å². The van der Waals surface area contributed by atoms with Crippen molar-refractivity contribution < 1.29 is 0 Å². The number of nitrogens with zero attached hydrogens (tertiary/aromatic N) is 2. The SMILES string of the molecule is C[Si]1(C)c2ccc3ccccc3c2-c2nc(-c3ccccc3)nc(-c3cccc(-c4cccc(-c5ccccc5)c4)c3)c21. The van der Waals surface area contributed by atoms with Crippen LogP contribution in [0.4, 0.5) is 0 Å². The molecule has 204 valence electrons. The average Bonchev–Trinajstić information content (AvgIpc) is 3.31. The van der Waals surface area contributed by atoms with Gasteiger partial charge in [0, 0.05) is 16.7 Å². The second kappa shape index (κ2) is 10.0. The van der Waals surface area contributed by atoms with Crippen molar-refractivity contribution in [1.82, 2.24) is 9.97 Å². The van der Waals surface area contributed by atoms with Gasteiger partial charge in [-0.3, -0.25) is 0 Å². The quantitative estimate of drug-likeness (QED) is 0.199. The molecule has 6 aromatic carbocycles. The summed E-state index contributed by atoms with van der Waals surface area (Å²) in [6, 6.07) is 52.0. The lowest BCUT2D eigenvalue weighted by Crippen LogP contribution is -2.50. The molecule has 0 radical (unpaired) electrons. The predicted molar refractivity (Wildman–Crippen MR) is 183 cm³/mol. The van der Waals surface area contributed by atoms with Crippen LogP contribution in [0.2, 0.25) is 13.1 Å². The normalized spacial score (nSPS) is 13.1. The first-order valence-corrected chi connectivity index (χ1v) is 17.8. The van der Waals surface area contributed by atoms with Crippen molar-refractivity contribution in [1.29, 1.82) is 0 Å². The van der Waals surface area contributed by atoms with Crippen molar-refractivity contribution in [3.05, 3.63) is 146 Å². The number of rotatable bonds is 4. The number of fused-ring (bicyclic) bond motifs is 5. The summed E-state index contributed by atoms with van der Waals surface area (Å²) in [5.74, 6) is 0.774. The fraction of sp³-hybridized carbons (Fsp3) is 0.0500. The predicted octanol–water partition coefficient (Wildman–Crippen LogP) is 9.10. The highest BCUT2D eigenvalue weighted by atomic mass is 28.3. The first-order chi connectivity index (χ1) is 21.1. The Morgan fingerprint density at radius 3 is 1.70 bits per heavy atom. The summed E-state index contributed by atoms with van der Waals surface area (Å²) in [5, 5.41) is 5.29. The second-order valence-electron chi connectivity index (χ2n) is 11.8. The van der Waals surface area contributed by atoms with E-state index in [-0.39, 0.29) is 0 Å². The standard InChI is InChI=1S/C40H30N2Si/c1-43(2)35-24-23-28-15-9-10-22-34(28)36(35)38-39(43)37(41-40(42-38)29-16-7-4-8-17-29)33-21-12-20-32(26-33)31-19-11-18-30(25-31)27-13-5-3-6-14-27/h3-26H,1-2H3. The van der Waals surface area contributed by atoms with Crippen LogP contribution in [-0.4, -0.2) is 18.0 Å². The van der Waals surface area contributed by atoms with Gasteiger partial charge in [-0.1, -0.05) is 147 Å². The van der Waals surface area contributed by atoms with Crippen LogP contribution < -0.4 is 10.4 Å². The molecule has 1 aromatic heterocycles. The Morgan fingerprint density at radius 1 is 0.442 bits per heavy atom. The highest BCUT2D eigenvalue weighted by Gasteiger charge is 2.42. The lowest BCUT2D eigenvalue weighted by atomic mass is 9.96. The van der Waals surface area contributed by atoms with Crippen molar-refractivity contribution in [2.75, 3.05) is 0 Å². The molecule has 0 unspecified atom stereocenters. The molecule has 0 amide bonds. The molecule has 1 aliphatic heterocycles. The van der Waals surface area contributed by atoms with Gasteiger partial charge < -0.3 is 0 Å². The Balaban J connectivity index is 1.36. The molecule has 8 rings (SSSR count). The third-order valence-corrected chi connectivity index (χ3v) is 12.3. The zero-order chi connectivity index (χ0) is 29.0. The van der Waals surface area contributed by atoms with Crippen molar-refractivity contribution in [3.63, 3.8) is 0 Å². The van der Waals surface area contributed by atoms with Crippen LogP contribution in [0.25, 0.3) is 66.9 Å². The Labute approximate surface area is 253 Å². The van der Waals surface area contributed by atoms with E-state index in [2.05, 4.69) is 153 Å². The van der Waals surface area contributed by atoms with E-state index in [1.54, 1.807) is 0 Å². The number of hydrogen-bond acceptors (Lipinski definition) is 2. The number of aromatic nitrogens is 2. The van der Waals surface area contributed by atoms with Crippen LogP contribution >= 0.6 is 0 Å². The average molecular weight is 567 g/mol. The van der Waals surface area contributed by atoms with E-state index in [1.807, 2.05) is 6.07 Å². The molecule has 0 saturated carbocycles. The largest absolute Gasteiger partial charge is 0.228 e. The summed E-state index contributed by atoms with van der Waals surface area (Å²) in [6.07, 6.45) is 0. The van der Waals surface area contributed by atoms with Crippen molar-refractivity contribution in [3.8, 4) is 56.2 Å². The second-order valence-corrected chi connectivity index (χ2v) is 16.1. The van der Waals surface area contributed by atoms with Gasteiger partial charge in [0.25, 0.3) is 0 Å². The summed E-state index contributed by atoms with van der Waals surface area (Å²) in [5.41, 5.74) is 10.4. The van der Waals surface area contributed by atoms with E-state index in [1.165, 1.54) is 49.0 Å². The van der Waals surface area contributed by atoms with Crippen LogP contribution in [0.15, 0.2) is 146 Å². The van der Waals surface area contributed by atoms with E-state index >= 15 is 0 Å². The summed E-state index contributed by atoms with van der Waals surface area (Å²) >= 11 is 0. The van der Waals surface area contributed by atoms with Gasteiger partial charge in [0.05, 0.1) is 11.4 Å². The molecular weight excluding hydrogens is 537 g/mol. The zero-order valence-corrected chi connectivity index (χ0v) is 25.3. The monoisotopic (exact) mass is 566 g/mol. The molecule has 1 aliphatic rings. The maximum atomic E-state index is 5.37. The fourth-order valence-electron chi connectivity index (χ4n) is 6.70. The van der Waals surface area contributed by atoms with Gasteiger partial charge in [0.1, 0.15) is 8.07 Å². The molecule has 0 spiro atoms. The molecule has 2 heterocycles. The molecule has 0 N–H and O–H groups in total.